The van der Waals surface area contributed by atoms with Gasteiger partial charge in [0, 0.05) is 13.0 Å². The van der Waals surface area contributed by atoms with E-state index in [9.17, 15) is 9.90 Å². The zero-order valence-electron chi connectivity index (χ0n) is 9.58. The molecule has 0 fully saturated rings. The van der Waals surface area contributed by atoms with Crippen LogP contribution in [0.4, 0.5) is 0 Å². The van der Waals surface area contributed by atoms with Crippen molar-refractivity contribution in [3.05, 3.63) is 0 Å². The smallest absolute Gasteiger partial charge is 0.220 e. The predicted molar refractivity (Wildman–Crippen MR) is 64.3 cm³/mol. The highest BCUT2D eigenvalue weighted by atomic mass is 35.5. The highest BCUT2D eigenvalue weighted by Gasteiger charge is 2.02. The molecule has 0 aliphatic heterocycles. The average molecular weight is 239 g/mol. The van der Waals surface area contributed by atoms with Crippen LogP contribution in [0, 0.1) is 0 Å². The fourth-order valence-electron chi connectivity index (χ4n) is 1.10. The molecular weight excluding hydrogens is 216 g/mol. The van der Waals surface area contributed by atoms with Crippen molar-refractivity contribution >= 4 is 18.3 Å². The number of nitrogens with one attached hydrogen (secondary N) is 2. The third-order valence-corrected chi connectivity index (χ3v) is 2.10. The molecular formula is C10H23ClN2O2. The Labute approximate surface area is 98.2 Å². The number of amides is 1. The van der Waals surface area contributed by atoms with E-state index in [0.717, 1.165) is 19.4 Å². The molecule has 0 rings (SSSR count). The molecule has 1 unspecified atom stereocenters. The van der Waals surface area contributed by atoms with Gasteiger partial charge in [0.1, 0.15) is 0 Å². The largest absolute Gasteiger partial charge is 0.393 e. The molecule has 0 saturated carbocycles. The molecule has 0 aromatic carbocycles. The SMILES string of the molecule is CCC(O)CCNC(=O)CCCNC.Cl. The van der Waals surface area contributed by atoms with E-state index < -0.39 is 0 Å². The summed E-state index contributed by atoms with van der Waals surface area (Å²) in [4.78, 5) is 11.2. The van der Waals surface area contributed by atoms with Gasteiger partial charge in [0.05, 0.1) is 6.10 Å². The predicted octanol–water partition coefficient (Wildman–Crippen LogP) is 0.685. The van der Waals surface area contributed by atoms with Crippen molar-refractivity contribution in [3.8, 4) is 0 Å². The van der Waals surface area contributed by atoms with E-state index in [0.29, 0.717) is 19.4 Å². The lowest BCUT2D eigenvalue weighted by Gasteiger charge is -2.08. The molecule has 5 heteroatoms. The molecule has 3 N–H and O–H groups in total. The number of carbonyl (C=O) groups is 1. The third-order valence-electron chi connectivity index (χ3n) is 2.10. The Morgan fingerprint density at radius 2 is 2.07 bits per heavy atom. The first-order valence-electron chi connectivity index (χ1n) is 5.30. The molecule has 4 nitrogen and oxygen atoms in total. The Kier molecular flexibility index (Phi) is 13.4. The van der Waals surface area contributed by atoms with Crippen molar-refractivity contribution in [1.29, 1.82) is 0 Å². The number of carbonyl (C=O) groups excluding carboxylic acids is 1. The standard InChI is InChI=1S/C10H22N2O2.ClH/c1-3-9(13)6-8-12-10(14)5-4-7-11-2;/h9,11,13H,3-8H2,1-2H3,(H,12,14);1H. The van der Waals surface area contributed by atoms with Crippen molar-refractivity contribution in [3.63, 3.8) is 0 Å². The lowest BCUT2D eigenvalue weighted by Crippen LogP contribution is -2.27. The number of halogens is 1. The summed E-state index contributed by atoms with van der Waals surface area (Å²) in [5.74, 6) is 0.0727. The maximum absolute atomic E-state index is 11.2. The molecule has 0 aromatic heterocycles. The average Bonchev–Trinajstić information content (AvgIpc) is 2.18. The molecule has 92 valence electrons. The topological polar surface area (TPSA) is 61.4 Å². The molecule has 15 heavy (non-hydrogen) atoms. The Hall–Kier alpha value is -0.320. The summed E-state index contributed by atoms with van der Waals surface area (Å²) >= 11 is 0. The number of rotatable bonds is 8. The van der Waals surface area contributed by atoms with Crippen LogP contribution in [0.5, 0.6) is 0 Å². The Morgan fingerprint density at radius 3 is 2.60 bits per heavy atom. The van der Waals surface area contributed by atoms with E-state index in [-0.39, 0.29) is 24.4 Å². The Balaban J connectivity index is 0. The summed E-state index contributed by atoms with van der Waals surface area (Å²) < 4.78 is 0. The minimum Gasteiger partial charge on any atom is -0.393 e. The highest BCUT2D eigenvalue weighted by Crippen LogP contribution is 1.94. The second kappa shape index (κ2) is 11.8. The summed E-state index contributed by atoms with van der Waals surface area (Å²) in [7, 11) is 1.87. The number of aliphatic hydroxyl groups is 1. The zero-order valence-corrected chi connectivity index (χ0v) is 10.4. The monoisotopic (exact) mass is 238 g/mol. The minimum absolute atomic E-state index is 0. The van der Waals surface area contributed by atoms with Gasteiger partial charge in [-0.1, -0.05) is 6.92 Å². The fourth-order valence-corrected chi connectivity index (χ4v) is 1.10. The van der Waals surface area contributed by atoms with Crippen LogP contribution in [0.25, 0.3) is 0 Å². The van der Waals surface area contributed by atoms with Gasteiger partial charge in [-0.25, -0.2) is 0 Å². The fraction of sp³-hybridized carbons (Fsp3) is 0.900. The Morgan fingerprint density at radius 1 is 1.40 bits per heavy atom. The van der Waals surface area contributed by atoms with Gasteiger partial charge in [-0.3, -0.25) is 4.79 Å². The number of hydrogen-bond acceptors (Lipinski definition) is 3. The van der Waals surface area contributed by atoms with Gasteiger partial charge in [0.2, 0.25) is 5.91 Å². The Bertz CT molecular complexity index is 156. The van der Waals surface area contributed by atoms with Crippen LogP contribution in [0.15, 0.2) is 0 Å². The van der Waals surface area contributed by atoms with Gasteiger partial charge >= 0.3 is 0 Å². The van der Waals surface area contributed by atoms with Gasteiger partial charge in [-0.2, -0.15) is 0 Å². The van der Waals surface area contributed by atoms with Crippen LogP contribution in [-0.2, 0) is 4.79 Å². The quantitative estimate of drug-likeness (QED) is 0.545. The van der Waals surface area contributed by atoms with Gasteiger partial charge in [0.15, 0.2) is 0 Å². The van der Waals surface area contributed by atoms with E-state index >= 15 is 0 Å². The molecule has 0 aliphatic rings. The van der Waals surface area contributed by atoms with E-state index in [4.69, 9.17) is 0 Å². The van der Waals surface area contributed by atoms with Crippen LogP contribution in [-0.4, -0.2) is 37.3 Å². The maximum Gasteiger partial charge on any atom is 0.220 e. The first-order chi connectivity index (χ1) is 6.70. The molecule has 0 bridgehead atoms. The second-order valence-electron chi connectivity index (χ2n) is 3.41. The van der Waals surface area contributed by atoms with Gasteiger partial charge < -0.3 is 15.7 Å². The molecule has 0 aliphatic carbocycles. The third kappa shape index (κ3) is 11.6. The molecule has 0 radical (unpaired) electrons. The summed E-state index contributed by atoms with van der Waals surface area (Å²) in [6.45, 7) is 3.37. The number of aliphatic hydroxyl groups excluding tert-OH is 1. The van der Waals surface area contributed by atoms with Crippen LogP contribution >= 0.6 is 12.4 Å². The summed E-state index contributed by atoms with van der Waals surface area (Å²) in [6, 6.07) is 0. The van der Waals surface area contributed by atoms with Crippen LogP contribution in [0.1, 0.15) is 32.6 Å². The molecule has 1 atom stereocenters. The second-order valence-corrected chi connectivity index (χ2v) is 3.41. The van der Waals surface area contributed by atoms with Gasteiger partial charge in [0.25, 0.3) is 0 Å². The van der Waals surface area contributed by atoms with E-state index in [1.807, 2.05) is 14.0 Å². The van der Waals surface area contributed by atoms with Crippen molar-refractivity contribution in [1.82, 2.24) is 10.6 Å². The van der Waals surface area contributed by atoms with Crippen molar-refractivity contribution in [2.24, 2.45) is 0 Å². The first-order valence-corrected chi connectivity index (χ1v) is 5.30. The highest BCUT2D eigenvalue weighted by molar-refractivity contribution is 5.85. The molecule has 0 aromatic rings. The normalized spacial score (nSPS) is 11.7. The molecule has 0 spiro atoms. The van der Waals surface area contributed by atoms with E-state index in [1.165, 1.54) is 0 Å². The maximum atomic E-state index is 11.2. The van der Waals surface area contributed by atoms with E-state index in [2.05, 4.69) is 10.6 Å². The summed E-state index contributed by atoms with van der Waals surface area (Å²) in [6.07, 6.45) is 2.53. The van der Waals surface area contributed by atoms with Crippen LogP contribution in [0.3, 0.4) is 0 Å². The van der Waals surface area contributed by atoms with Gasteiger partial charge in [-0.15, -0.1) is 12.4 Å². The zero-order chi connectivity index (χ0) is 10.8. The van der Waals surface area contributed by atoms with Crippen molar-refractivity contribution in [2.45, 2.75) is 38.7 Å². The molecule has 0 heterocycles. The number of hydrogen-bond donors (Lipinski definition) is 3. The lowest BCUT2D eigenvalue weighted by atomic mass is 10.2. The van der Waals surface area contributed by atoms with E-state index in [1.54, 1.807) is 0 Å². The van der Waals surface area contributed by atoms with Crippen LogP contribution < -0.4 is 10.6 Å². The molecule has 0 saturated heterocycles. The lowest BCUT2D eigenvalue weighted by molar-refractivity contribution is -0.121. The summed E-state index contributed by atoms with van der Waals surface area (Å²) in [5.41, 5.74) is 0. The van der Waals surface area contributed by atoms with Crippen LogP contribution in [0.2, 0.25) is 0 Å². The summed E-state index contributed by atoms with van der Waals surface area (Å²) in [5, 5.41) is 15.0. The molecule has 1 amide bonds. The first kappa shape index (κ1) is 17.1. The van der Waals surface area contributed by atoms with Crippen molar-refractivity contribution < 1.29 is 9.90 Å². The minimum atomic E-state index is -0.285. The van der Waals surface area contributed by atoms with Crippen molar-refractivity contribution in [2.75, 3.05) is 20.1 Å². The van der Waals surface area contributed by atoms with Gasteiger partial charge in [-0.05, 0) is 32.9 Å².